The van der Waals surface area contributed by atoms with Crippen LogP contribution in [0.15, 0.2) is 76.0 Å². The van der Waals surface area contributed by atoms with E-state index < -0.39 is 15.9 Å². The minimum atomic E-state index is -3.77. The van der Waals surface area contributed by atoms with E-state index >= 15 is 0 Å². The summed E-state index contributed by atoms with van der Waals surface area (Å²) in [6.07, 6.45) is 1.58. The van der Waals surface area contributed by atoms with Gasteiger partial charge >= 0.3 is 6.01 Å². The fraction of sp³-hybridized carbons (Fsp3) is 0.125. The molecule has 11 heteroatoms. The molecule has 1 N–H and O–H groups in total. The van der Waals surface area contributed by atoms with E-state index in [1.165, 1.54) is 28.6 Å². The maximum Gasteiger partial charge on any atom is 0.322 e. The maximum absolute atomic E-state index is 13.3. The predicted molar refractivity (Wildman–Crippen MR) is 133 cm³/mol. The Labute approximate surface area is 211 Å². The summed E-state index contributed by atoms with van der Waals surface area (Å²) in [6, 6.07) is 17.8. The Bertz CT molecular complexity index is 1500. The lowest BCUT2D eigenvalue weighted by atomic mass is 10.0. The quantitative estimate of drug-likeness (QED) is 0.369. The number of hydrogen-bond acceptors (Lipinski definition) is 6. The molecule has 1 aliphatic heterocycles. The molecule has 1 aromatic heterocycles. The van der Waals surface area contributed by atoms with Crippen LogP contribution in [0.3, 0.4) is 0 Å². The fourth-order valence-corrected chi connectivity index (χ4v) is 5.96. The molecule has 3 aromatic carbocycles. The van der Waals surface area contributed by atoms with E-state index in [2.05, 4.69) is 15.5 Å². The van der Waals surface area contributed by atoms with Gasteiger partial charge in [-0.05, 0) is 66.9 Å². The van der Waals surface area contributed by atoms with Gasteiger partial charge in [0.15, 0.2) is 0 Å². The van der Waals surface area contributed by atoms with Gasteiger partial charge in [0.2, 0.25) is 5.89 Å². The van der Waals surface area contributed by atoms with Gasteiger partial charge in [-0.25, -0.2) is 8.42 Å². The highest BCUT2D eigenvalue weighted by Crippen LogP contribution is 2.32. The molecule has 1 amide bonds. The lowest BCUT2D eigenvalue weighted by Gasteiger charge is -2.30. The van der Waals surface area contributed by atoms with E-state index in [0.717, 1.165) is 18.4 Å². The van der Waals surface area contributed by atoms with Gasteiger partial charge in [-0.3, -0.25) is 14.4 Å². The van der Waals surface area contributed by atoms with Crippen molar-refractivity contribution in [3.05, 3.63) is 87.9 Å². The van der Waals surface area contributed by atoms with Crippen molar-refractivity contribution in [2.45, 2.75) is 17.7 Å². The number of aromatic nitrogens is 2. The number of hydrogen-bond donors (Lipinski definition) is 1. The van der Waals surface area contributed by atoms with Crippen molar-refractivity contribution in [2.24, 2.45) is 0 Å². The van der Waals surface area contributed by atoms with Crippen LogP contribution >= 0.6 is 23.2 Å². The summed E-state index contributed by atoms with van der Waals surface area (Å²) in [5.41, 5.74) is 2.42. The molecule has 0 spiro atoms. The molecule has 5 rings (SSSR count). The van der Waals surface area contributed by atoms with Gasteiger partial charge in [0.25, 0.3) is 15.9 Å². The molecule has 0 saturated heterocycles. The van der Waals surface area contributed by atoms with E-state index in [9.17, 15) is 13.2 Å². The van der Waals surface area contributed by atoms with Gasteiger partial charge in [0, 0.05) is 27.7 Å². The van der Waals surface area contributed by atoms with E-state index in [1.54, 1.807) is 18.2 Å². The maximum atomic E-state index is 13.3. The number of rotatable bonds is 5. The first kappa shape index (κ1) is 23.3. The Morgan fingerprint density at radius 2 is 1.69 bits per heavy atom. The molecule has 0 bridgehead atoms. The third kappa shape index (κ3) is 4.75. The summed E-state index contributed by atoms with van der Waals surface area (Å²) in [4.78, 5) is 12.8. The van der Waals surface area contributed by atoms with Crippen molar-refractivity contribution in [1.29, 1.82) is 0 Å². The molecule has 1 aliphatic rings. The van der Waals surface area contributed by atoms with Gasteiger partial charge in [0.05, 0.1) is 10.6 Å². The molecule has 0 atom stereocenters. The number of carbonyl (C=O) groups excluding carboxylic acids is 1. The zero-order chi connectivity index (χ0) is 24.6. The van der Waals surface area contributed by atoms with Crippen LogP contribution < -0.4 is 9.62 Å². The fourth-order valence-electron chi connectivity index (χ4n) is 3.89. The number of nitrogens with zero attached hydrogens (tertiary/aromatic N) is 3. The SMILES string of the molecule is O=C(Nc1nnc(-c2cc(Cl)cc(Cl)c2)o1)c1ccc(S(=O)(=O)N2CCCc3ccccc32)cc1. The second-order valence-electron chi connectivity index (χ2n) is 7.86. The molecular formula is C24H18Cl2N4O4S. The third-order valence-corrected chi connectivity index (χ3v) is 7.79. The number of fused-ring (bicyclic) bond motifs is 1. The normalized spacial score (nSPS) is 13.4. The molecule has 0 saturated carbocycles. The summed E-state index contributed by atoms with van der Waals surface area (Å²) in [6.45, 7) is 0.402. The van der Waals surface area contributed by atoms with Gasteiger partial charge in [-0.2, -0.15) is 0 Å². The molecule has 2 heterocycles. The molecule has 0 aliphatic carbocycles. The summed E-state index contributed by atoms with van der Waals surface area (Å²) in [7, 11) is -3.77. The molecule has 0 unspecified atom stereocenters. The van der Waals surface area contributed by atoms with Crippen LogP contribution in [-0.2, 0) is 16.4 Å². The summed E-state index contributed by atoms with van der Waals surface area (Å²) in [5, 5.41) is 11.0. The van der Waals surface area contributed by atoms with Crippen molar-refractivity contribution < 1.29 is 17.6 Å². The Morgan fingerprint density at radius 3 is 2.43 bits per heavy atom. The van der Waals surface area contributed by atoms with Crippen molar-refractivity contribution in [3.63, 3.8) is 0 Å². The lowest BCUT2D eigenvalue weighted by molar-refractivity contribution is 0.102. The molecule has 0 fully saturated rings. The van der Waals surface area contributed by atoms with Crippen LogP contribution in [0.1, 0.15) is 22.3 Å². The number of nitrogens with one attached hydrogen (secondary N) is 1. The first-order valence-corrected chi connectivity index (χ1v) is 12.8. The molecule has 35 heavy (non-hydrogen) atoms. The van der Waals surface area contributed by atoms with Crippen molar-refractivity contribution >= 4 is 50.8 Å². The highest BCUT2D eigenvalue weighted by atomic mass is 35.5. The summed E-state index contributed by atoms with van der Waals surface area (Å²) < 4.78 is 33.5. The van der Waals surface area contributed by atoms with Gasteiger partial charge < -0.3 is 4.42 Å². The second kappa shape index (κ2) is 9.33. The smallest absolute Gasteiger partial charge is 0.322 e. The minimum Gasteiger partial charge on any atom is -0.403 e. The average Bonchev–Trinajstić information content (AvgIpc) is 3.31. The number of para-hydroxylation sites is 1. The number of benzene rings is 3. The Kier molecular flexibility index (Phi) is 6.22. The van der Waals surface area contributed by atoms with Gasteiger partial charge in [-0.15, -0.1) is 5.10 Å². The monoisotopic (exact) mass is 528 g/mol. The number of carbonyl (C=O) groups is 1. The number of anilines is 2. The van der Waals surface area contributed by atoms with Gasteiger partial charge in [0.1, 0.15) is 0 Å². The highest BCUT2D eigenvalue weighted by Gasteiger charge is 2.29. The molecule has 0 radical (unpaired) electrons. The summed E-state index contributed by atoms with van der Waals surface area (Å²) in [5.74, 6) is -0.399. The number of amides is 1. The van der Waals surface area contributed by atoms with E-state index in [0.29, 0.717) is 27.8 Å². The van der Waals surface area contributed by atoms with E-state index in [-0.39, 0.29) is 22.4 Å². The van der Waals surface area contributed by atoms with Crippen LogP contribution in [-0.4, -0.2) is 31.1 Å². The topological polar surface area (TPSA) is 105 Å². The van der Waals surface area contributed by atoms with E-state index in [1.807, 2.05) is 24.3 Å². The first-order chi connectivity index (χ1) is 16.8. The molecular weight excluding hydrogens is 511 g/mol. The Balaban J connectivity index is 1.32. The Hall–Kier alpha value is -3.40. The van der Waals surface area contributed by atoms with Crippen molar-refractivity contribution in [1.82, 2.24) is 10.2 Å². The Morgan fingerprint density at radius 1 is 0.971 bits per heavy atom. The molecule has 4 aromatic rings. The molecule has 178 valence electrons. The van der Waals surface area contributed by atoms with Gasteiger partial charge in [-0.1, -0.05) is 46.5 Å². The van der Waals surface area contributed by atoms with Crippen molar-refractivity contribution in [2.75, 3.05) is 16.2 Å². The lowest BCUT2D eigenvalue weighted by Crippen LogP contribution is -2.35. The number of sulfonamides is 1. The third-order valence-electron chi connectivity index (χ3n) is 5.53. The van der Waals surface area contributed by atoms with Crippen LogP contribution in [0.2, 0.25) is 10.0 Å². The standard InChI is InChI=1S/C24H18Cl2N4O4S/c25-18-12-17(13-19(26)14-18)23-28-29-24(34-23)27-22(31)16-7-9-20(10-8-16)35(32,33)30-11-3-5-15-4-1-2-6-21(15)30/h1-2,4,6-10,12-14H,3,5,11H2,(H,27,29,31). The highest BCUT2D eigenvalue weighted by molar-refractivity contribution is 7.92. The number of halogens is 2. The first-order valence-electron chi connectivity index (χ1n) is 10.6. The van der Waals surface area contributed by atoms with Crippen LogP contribution in [0.25, 0.3) is 11.5 Å². The van der Waals surface area contributed by atoms with Crippen LogP contribution in [0.5, 0.6) is 0 Å². The average molecular weight is 529 g/mol. The second-order valence-corrected chi connectivity index (χ2v) is 10.6. The zero-order valence-electron chi connectivity index (χ0n) is 18.1. The summed E-state index contributed by atoms with van der Waals surface area (Å²) >= 11 is 12.0. The predicted octanol–water partition coefficient (Wildman–Crippen LogP) is 5.44. The van der Waals surface area contributed by atoms with Crippen LogP contribution in [0, 0.1) is 0 Å². The number of aryl methyl sites for hydroxylation is 1. The minimum absolute atomic E-state index is 0.101. The zero-order valence-corrected chi connectivity index (χ0v) is 20.4. The van der Waals surface area contributed by atoms with Crippen LogP contribution in [0.4, 0.5) is 11.7 Å². The largest absolute Gasteiger partial charge is 0.403 e. The van der Waals surface area contributed by atoms with E-state index in [4.69, 9.17) is 27.6 Å². The van der Waals surface area contributed by atoms with Crippen molar-refractivity contribution in [3.8, 4) is 11.5 Å². The molecule has 8 nitrogen and oxygen atoms in total.